The monoisotopic (exact) mass is 330 g/mol. The average Bonchev–Trinajstić information content (AvgIpc) is 2.95. The lowest BCUT2D eigenvalue weighted by Crippen LogP contribution is -2.37. The van der Waals surface area contributed by atoms with Crippen molar-refractivity contribution in [3.63, 3.8) is 0 Å². The number of amides is 1. The van der Waals surface area contributed by atoms with Crippen LogP contribution in [-0.2, 0) is 16.1 Å². The maximum atomic E-state index is 12.2. The van der Waals surface area contributed by atoms with E-state index in [4.69, 9.17) is 16.7 Å². The van der Waals surface area contributed by atoms with E-state index >= 15 is 0 Å². The van der Waals surface area contributed by atoms with Gasteiger partial charge in [0.1, 0.15) is 0 Å². The molecule has 0 aliphatic carbocycles. The molecule has 2 heterocycles. The minimum Gasteiger partial charge on any atom is -0.481 e. The minimum atomic E-state index is -0.779. The molecule has 2 rings (SSSR count). The van der Waals surface area contributed by atoms with Gasteiger partial charge in [-0.05, 0) is 18.1 Å². The number of hydrogen-bond donors (Lipinski definition) is 1. The zero-order valence-electron chi connectivity index (χ0n) is 12.1. The number of likely N-dealkylation sites (tertiary alicyclic amines) is 1. The average molecular weight is 331 g/mol. The first-order valence-corrected chi connectivity index (χ1v) is 7.99. The van der Waals surface area contributed by atoms with Crippen molar-refractivity contribution in [1.29, 1.82) is 0 Å². The summed E-state index contributed by atoms with van der Waals surface area (Å²) in [6.07, 6.45) is 0. The number of likely N-dealkylation sites (N-methyl/N-ethyl adjacent to an activating group) is 1. The number of rotatable bonds is 5. The van der Waals surface area contributed by atoms with Crippen LogP contribution in [0.4, 0.5) is 0 Å². The molecule has 0 unspecified atom stereocenters. The lowest BCUT2D eigenvalue weighted by molar-refractivity contribution is -0.142. The Kier molecular flexibility index (Phi) is 5.24. The summed E-state index contributed by atoms with van der Waals surface area (Å²) in [5.41, 5.74) is 0. The van der Waals surface area contributed by atoms with Crippen LogP contribution in [0.25, 0.3) is 0 Å². The molecule has 1 N–H and O–H groups in total. The first-order chi connectivity index (χ1) is 9.86. The van der Waals surface area contributed by atoms with Gasteiger partial charge < -0.3 is 10.0 Å². The van der Waals surface area contributed by atoms with Gasteiger partial charge in [0.2, 0.25) is 5.91 Å². The topological polar surface area (TPSA) is 60.9 Å². The van der Waals surface area contributed by atoms with E-state index < -0.39 is 5.97 Å². The van der Waals surface area contributed by atoms with Gasteiger partial charge >= 0.3 is 5.97 Å². The molecule has 0 bridgehead atoms. The molecule has 1 saturated heterocycles. The van der Waals surface area contributed by atoms with Crippen LogP contribution >= 0.6 is 22.9 Å². The van der Waals surface area contributed by atoms with Crippen LogP contribution in [-0.4, -0.2) is 53.5 Å². The normalized spacial score (nSPS) is 22.4. The maximum absolute atomic E-state index is 12.2. The van der Waals surface area contributed by atoms with Gasteiger partial charge in [-0.3, -0.25) is 14.5 Å². The van der Waals surface area contributed by atoms with Crippen LogP contribution in [0.15, 0.2) is 12.1 Å². The quantitative estimate of drug-likeness (QED) is 0.897. The van der Waals surface area contributed by atoms with E-state index in [0.29, 0.717) is 24.0 Å². The van der Waals surface area contributed by atoms with Crippen LogP contribution < -0.4 is 0 Å². The van der Waals surface area contributed by atoms with E-state index in [1.807, 2.05) is 24.0 Å². The smallest absolute Gasteiger partial charge is 0.308 e. The third kappa shape index (κ3) is 4.18. The van der Waals surface area contributed by atoms with E-state index in [0.717, 1.165) is 4.88 Å². The molecule has 21 heavy (non-hydrogen) atoms. The summed E-state index contributed by atoms with van der Waals surface area (Å²) >= 11 is 7.34. The second kappa shape index (κ2) is 6.77. The van der Waals surface area contributed by atoms with Crippen LogP contribution in [0.5, 0.6) is 0 Å². The molecule has 0 aromatic carbocycles. The molecular weight excluding hydrogens is 312 g/mol. The number of carboxylic acid groups (broad SMARTS) is 1. The zero-order valence-corrected chi connectivity index (χ0v) is 13.7. The van der Waals surface area contributed by atoms with Crippen molar-refractivity contribution < 1.29 is 14.7 Å². The Morgan fingerprint density at radius 1 is 1.48 bits per heavy atom. The molecule has 1 amide bonds. The Morgan fingerprint density at radius 2 is 2.19 bits per heavy atom. The zero-order chi connectivity index (χ0) is 15.6. The molecule has 0 radical (unpaired) electrons. The Balaban J connectivity index is 1.85. The minimum absolute atomic E-state index is 0.00207. The summed E-state index contributed by atoms with van der Waals surface area (Å²) in [5.74, 6) is -1.08. The van der Waals surface area contributed by atoms with Gasteiger partial charge in [-0.2, -0.15) is 0 Å². The highest BCUT2D eigenvalue weighted by Gasteiger charge is 2.35. The molecule has 116 valence electrons. The summed E-state index contributed by atoms with van der Waals surface area (Å²) < 4.78 is 0.712. The summed E-state index contributed by atoms with van der Waals surface area (Å²) in [6.45, 7) is 3.81. The predicted octanol–water partition coefficient (Wildman–Crippen LogP) is 2.01. The number of carbonyl (C=O) groups is 2. The summed E-state index contributed by atoms with van der Waals surface area (Å²) in [7, 11) is 1.75. The lowest BCUT2D eigenvalue weighted by Gasteiger charge is -2.21. The van der Waals surface area contributed by atoms with Gasteiger partial charge in [0.25, 0.3) is 0 Å². The number of carboxylic acids is 1. The van der Waals surface area contributed by atoms with Gasteiger partial charge in [0, 0.05) is 25.0 Å². The van der Waals surface area contributed by atoms with Crippen LogP contribution in [0.1, 0.15) is 11.8 Å². The molecule has 0 saturated carbocycles. The second-order valence-electron chi connectivity index (χ2n) is 5.57. The standard InChI is InChI=1S/C14H19ClN2O3S/c1-9-5-17(7-11(9)14(19)20)8-13(18)16(2)6-10-3-4-12(15)21-10/h3-4,9,11H,5-8H2,1-2H3,(H,19,20)/t9-,11-/m1/s1. The van der Waals surface area contributed by atoms with E-state index in [2.05, 4.69) is 0 Å². The van der Waals surface area contributed by atoms with Crippen molar-refractivity contribution in [3.8, 4) is 0 Å². The second-order valence-corrected chi connectivity index (χ2v) is 7.37. The van der Waals surface area contributed by atoms with Crippen LogP contribution in [0.3, 0.4) is 0 Å². The Bertz CT molecular complexity index is 534. The number of carbonyl (C=O) groups excluding carboxylic acids is 1. The van der Waals surface area contributed by atoms with E-state index in [-0.39, 0.29) is 24.3 Å². The largest absolute Gasteiger partial charge is 0.481 e. The summed E-state index contributed by atoms with van der Waals surface area (Å²) in [6, 6.07) is 3.73. The Morgan fingerprint density at radius 3 is 2.71 bits per heavy atom. The van der Waals surface area contributed by atoms with Gasteiger partial charge in [-0.15, -0.1) is 11.3 Å². The molecule has 1 aliphatic heterocycles. The fourth-order valence-corrected chi connectivity index (χ4v) is 3.73. The highest BCUT2D eigenvalue weighted by atomic mass is 35.5. The first-order valence-electron chi connectivity index (χ1n) is 6.80. The number of aliphatic carboxylic acids is 1. The number of hydrogen-bond acceptors (Lipinski definition) is 4. The first kappa shape index (κ1) is 16.3. The maximum Gasteiger partial charge on any atom is 0.308 e. The Hall–Kier alpha value is -1.11. The molecule has 0 spiro atoms. The SMILES string of the molecule is C[C@@H]1CN(CC(=O)N(C)Cc2ccc(Cl)s2)C[C@H]1C(=O)O. The molecule has 1 aromatic heterocycles. The summed E-state index contributed by atoms with van der Waals surface area (Å²) in [5, 5.41) is 9.11. The van der Waals surface area contributed by atoms with Crippen molar-refractivity contribution in [2.75, 3.05) is 26.7 Å². The summed E-state index contributed by atoms with van der Waals surface area (Å²) in [4.78, 5) is 27.9. The van der Waals surface area contributed by atoms with Crippen molar-refractivity contribution >= 4 is 34.8 Å². The third-order valence-corrected chi connectivity index (χ3v) is 5.03. The van der Waals surface area contributed by atoms with E-state index in [9.17, 15) is 9.59 Å². The molecule has 7 heteroatoms. The molecule has 2 atom stereocenters. The predicted molar refractivity (Wildman–Crippen MR) is 82.5 cm³/mol. The van der Waals surface area contributed by atoms with Gasteiger partial charge in [-0.1, -0.05) is 18.5 Å². The fraction of sp³-hybridized carbons (Fsp3) is 0.571. The van der Waals surface area contributed by atoms with Crippen molar-refractivity contribution in [3.05, 3.63) is 21.3 Å². The Labute approximate surface area is 133 Å². The lowest BCUT2D eigenvalue weighted by atomic mass is 9.99. The molecule has 5 nitrogen and oxygen atoms in total. The molecule has 1 fully saturated rings. The fourth-order valence-electron chi connectivity index (χ4n) is 2.59. The number of halogens is 1. The number of nitrogens with zero attached hydrogens (tertiary/aromatic N) is 2. The molecule has 1 aromatic rings. The van der Waals surface area contributed by atoms with Crippen molar-refractivity contribution in [2.24, 2.45) is 11.8 Å². The van der Waals surface area contributed by atoms with Crippen molar-refractivity contribution in [2.45, 2.75) is 13.5 Å². The van der Waals surface area contributed by atoms with Crippen LogP contribution in [0, 0.1) is 11.8 Å². The van der Waals surface area contributed by atoms with Gasteiger partial charge in [0.15, 0.2) is 0 Å². The molecule has 1 aliphatic rings. The highest BCUT2D eigenvalue weighted by Crippen LogP contribution is 2.24. The number of thiophene rings is 1. The highest BCUT2D eigenvalue weighted by molar-refractivity contribution is 7.16. The third-order valence-electron chi connectivity index (χ3n) is 3.81. The van der Waals surface area contributed by atoms with Gasteiger partial charge in [0.05, 0.1) is 23.3 Å². The van der Waals surface area contributed by atoms with Crippen molar-refractivity contribution in [1.82, 2.24) is 9.80 Å². The van der Waals surface area contributed by atoms with Crippen LogP contribution in [0.2, 0.25) is 4.34 Å². The van der Waals surface area contributed by atoms with E-state index in [1.54, 1.807) is 11.9 Å². The molecular formula is C14H19ClN2O3S. The van der Waals surface area contributed by atoms with Gasteiger partial charge in [-0.25, -0.2) is 0 Å². The van der Waals surface area contributed by atoms with E-state index in [1.165, 1.54) is 11.3 Å².